The summed E-state index contributed by atoms with van der Waals surface area (Å²) in [5.41, 5.74) is 2.75. The van der Waals surface area contributed by atoms with Crippen molar-refractivity contribution in [3.05, 3.63) is 70.8 Å². The van der Waals surface area contributed by atoms with Crippen molar-refractivity contribution in [2.45, 2.75) is 13.3 Å². The Kier molecular flexibility index (Phi) is 4.72. The first-order chi connectivity index (χ1) is 10.1. The van der Waals surface area contributed by atoms with Crippen LogP contribution in [0.2, 0.25) is 0 Å². The smallest absolute Gasteiger partial charge is 0.335 e. The molecule has 0 unspecified atom stereocenters. The van der Waals surface area contributed by atoms with Crippen LogP contribution in [0.5, 0.6) is 0 Å². The number of carboxylic acid groups (broad SMARTS) is 1. The van der Waals surface area contributed by atoms with Crippen LogP contribution in [-0.2, 0) is 6.42 Å². The minimum absolute atomic E-state index is 0.109. The van der Waals surface area contributed by atoms with E-state index in [2.05, 4.69) is 5.32 Å². The van der Waals surface area contributed by atoms with Crippen LogP contribution in [-0.4, -0.2) is 23.5 Å². The van der Waals surface area contributed by atoms with Gasteiger partial charge in [-0.05, 0) is 42.7 Å². The van der Waals surface area contributed by atoms with E-state index in [1.165, 1.54) is 0 Å². The van der Waals surface area contributed by atoms with Crippen molar-refractivity contribution in [1.82, 2.24) is 5.32 Å². The molecule has 0 heterocycles. The number of carbonyl (C=O) groups is 2. The maximum absolute atomic E-state index is 12.0. The first-order valence-corrected chi connectivity index (χ1v) is 6.74. The summed E-state index contributed by atoms with van der Waals surface area (Å²) in [4.78, 5) is 22.9. The zero-order valence-electron chi connectivity index (χ0n) is 11.8. The molecule has 0 saturated carbocycles. The summed E-state index contributed by atoms with van der Waals surface area (Å²) < 4.78 is 0. The number of amides is 1. The number of hydrogen-bond donors (Lipinski definition) is 2. The summed E-state index contributed by atoms with van der Waals surface area (Å²) in [6.07, 6.45) is 0.596. The average molecular weight is 283 g/mol. The van der Waals surface area contributed by atoms with Gasteiger partial charge in [-0.1, -0.05) is 30.3 Å². The lowest BCUT2D eigenvalue weighted by atomic mass is 10.1. The molecule has 0 fully saturated rings. The van der Waals surface area contributed by atoms with Crippen LogP contribution in [0.4, 0.5) is 0 Å². The minimum Gasteiger partial charge on any atom is -0.478 e. The van der Waals surface area contributed by atoms with Gasteiger partial charge in [0.25, 0.3) is 5.91 Å². The molecule has 2 rings (SSSR count). The van der Waals surface area contributed by atoms with Crippen molar-refractivity contribution in [3.8, 4) is 0 Å². The molecule has 0 spiro atoms. The molecule has 0 radical (unpaired) electrons. The molecule has 0 atom stereocenters. The van der Waals surface area contributed by atoms with E-state index < -0.39 is 5.97 Å². The number of nitrogens with one attached hydrogen (secondary N) is 1. The number of hydrogen-bond acceptors (Lipinski definition) is 2. The van der Waals surface area contributed by atoms with Gasteiger partial charge in [0, 0.05) is 12.1 Å². The summed E-state index contributed by atoms with van der Waals surface area (Å²) in [7, 11) is 0. The third kappa shape index (κ3) is 3.92. The minimum atomic E-state index is -0.944. The Bertz CT molecular complexity index is 665. The molecular weight excluding hydrogens is 266 g/mol. The van der Waals surface area contributed by atoms with Crippen LogP contribution in [0.15, 0.2) is 48.5 Å². The standard InChI is InChI=1S/C17H17NO3/c1-12-5-2-3-8-15(12)16(19)18-10-9-13-6-4-7-14(11-13)17(20)21/h2-8,11H,9-10H2,1H3,(H,18,19)(H,20,21). The van der Waals surface area contributed by atoms with E-state index in [1.54, 1.807) is 24.3 Å². The molecule has 0 aliphatic carbocycles. The lowest BCUT2D eigenvalue weighted by Crippen LogP contribution is -2.26. The third-order valence-electron chi connectivity index (χ3n) is 3.26. The van der Waals surface area contributed by atoms with Gasteiger partial charge in [0.15, 0.2) is 0 Å². The van der Waals surface area contributed by atoms with Crippen LogP contribution in [0.3, 0.4) is 0 Å². The number of aryl methyl sites for hydroxylation is 1. The van der Waals surface area contributed by atoms with Gasteiger partial charge in [0.2, 0.25) is 0 Å². The number of carbonyl (C=O) groups excluding carboxylic acids is 1. The van der Waals surface area contributed by atoms with Gasteiger partial charge in [-0.3, -0.25) is 4.79 Å². The number of aromatic carboxylic acids is 1. The Hall–Kier alpha value is -2.62. The highest BCUT2D eigenvalue weighted by Crippen LogP contribution is 2.08. The Balaban J connectivity index is 1.93. The van der Waals surface area contributed by atoms with Crippen molar-refractivity contribution in [1.29, 1.82) is 0 Å². The Morgan fingerprint density at radius 3 is 2.57 bits per heavy atom. The van der Waals surface area contributed by atoms with E-state index in [4.69, 9.17) is 5.11 Å². The van der Waals surface area contributed by atoms with Crippen molar-refractivity contribution in [2.24, 2.45) is 0 Å². The second-order valence-electron chi connectivity index (χ2n) is 4.83. The first-order valence-electron chi connectivity index (χ1n) is 6.74. The molecule has 2 aromatic rings. The molecule has 108 valence electrons. The highest BCUT2D eigenvalue weighted by molar-refractivity contribution is 5.95. The van der Waals surface area contributed by atoms with Crippen molar-refractivity contribution in [2.75, 3.05) is 6.54 Å². The lowest BCUT2D eigenvalue weighted by molar-refractivity contribution is 0.0696. The first kappa shape index (κ1) is 14.8. The third-order valence-corrected chi connectivity index (χ3v) is 3.26. The highest BCUT2D eigenvalue weighted by atomic mass is 16.4. The number of carboxylic acids is 1. The Morgan fingerprint density at radius 1 is 1.10 bits per heavy atom. The number of benzene rings is 2. The van der Waals surface area contributed by atoms with Gasteiger partial charge in [-0.15, -0.1) is 0 Å². The SMILES string of the molecule is Cc1ccccc1C(=O)NCCc1cccc(C(=O)O)c1. The van der Waals surface area contributed by atoms with Crippen molar-refractivity contribution in [3.63, 3.8) is 0 Å². The molecule has 0 aliphatic heterocycles. The van der Waals surface area contributed by atoms with Gasteiger partial charge < -0.3 is 10.4 Å². The zero-order valence-corrected chi connectivity index (χ0v) is 11.8. The van der Waals surface area contributed by atoms with Crippen LogP contribution >= 0.6 is 0 Å². The Morgan fingerprint density at radius 2 is 1.86 bits per heavy atom. The fourth-order valence-electron chi connectivity index (χ4n) is 2.10. The maximum atomic E-state index is 12.0. The van der Waals surface area contributed by atoms with E-state index >= 15 is 0 Å². The molecule has 4 heteroatoms. The quantitative estimate of drug-likeness (QED) is 0.886. The van der Waals surface area contributed by atoms with Gasteiger partial charge in [0.05, 0.1) is 5.56 Å². The van der Waals surface area contributed by atoms with Gasteiger partial charge in [-0.2, -0.15) is 0 Å². The van der Waals surface area contributed by atoms with Crippen LogP contribution in [0, 0.1) is 6.92 Å². The van der Waals surface area contributed by atoms with Crippen molar-refractivity contribution < 1.29 is 14.7 Å². The molecule has 0 saturated heterocycles. The molecule has 2 aromatic carbocycles. The van der Waals surface area contributed by atoms with E-state index in [-0.39, 0.29) is 11.5 Å². The van der Waals surface area contributed by atoms with E-state index in [9.17, 15) is 9.59 Å². The summed E-state index contributed by atoms with van der Waals surface area (Å²) in [5.74, 6) is -1.05. The molecule has 0 aromatic heterocycles. The van der Waals surface area contributed by atoms with E-state index in [0.717, 1.165) is 11.1 Å². The monoisotopic (exact) mass is 283 g/mol. The predicted molar refractivity (Wildman–Crippen MR) is 80.6 cm³/mol. The topological polar surface area (TPSA) is 66.4 Å². The van der Waals surface area contributed by atoms with Gasteiger partial charge in [-0.25, -0.2) is 4.79 Å². The largest absolute Gasteiger partial charge is 0.478 e. The van der Waals surface area contributed by atoms with Gasteiger partial charge >= 0.3 is 5.97 Å². The van der Waals surface area contributed by atoms with Crippen LogP contribution in [0.1, 0.15) is 31.8 Å². The Labute approximate surface area is 123 Å². The molecule has 1 amide bonds. The fourth-order valence-corrected chi connectivity index (χ4v) is 2.10. The van der Waals surface area contributed by atoms with E-state index in [1.807, 2.05) is 31.2 Å². The normalized spacial score (nSPS) is 10.1. The average Bonchev–Trinajstić information content (AvgIpc) is 2.48. The maximum Gasteiger partial charge on any atom is 0.335 e. The molecule has 0 aliphatic rings. The highest BCUT2D eigenvalue weighted by Gasteiger charge is 2.08. The summed E-state index contributed by atoms with van der Waals surface area (Å²) >= 11 is 0. The molecule has 2 N–H and O–H groups in total. The van der Waals surface area contributed by atoms with Crippen LogP contribution < -0.4 is 5.32 Å². The van der Waals surface area contributed by atoms with Crippen LogP contribution in [0.25, 0.3) is 0 Å². The zero-order chi connectivity index (χ0) is 15.2. The molecular formula is C17H17NO3. The second-order valence-corrected chi connectivity index (χ2v) is 4.83. The van der Waals surface area contributed by atoms with E-state index in [0.29, 0.717) is 18.5 Å². The summed E-state index contributed by atoms with van der Waals surface area (Å²) in [6, 6.07) is 14.1. The van der Waals surface area contributed by atoms with Crippen molar-refractivity contribution >= 4 is 11.9 Å². The summed E-state index contributed by atoms with van der Waals surface area (Å²) in [6.45, 7) is 2.36. The molecule has 4 nitrogen and oxygen atoms in total. The summed E-state index contributed by atoms with van der Waals surface area (Å²) in [5, 5.41) is 11.8. The molecule has 21 heavy (non-hydrogen) atoms. The predicted octanol–water partition coefficient (Wildman–Crippen LogP) is 2.67. The van der Waals surface area contributed by atoms with Gasteiger partial charge in [0.1, 0.15) is 0 Å². The fraction of sp³-hybridized carbons (Fsp3) is 0.176. The number of rotatable bonds is 5. The molecule has 0 bridgehead atoms. The second kappa shape index (κ2) is 6.70. The lowest BCUT2D eigenvalue weighted by Gasteiger charge is -2.08.